The Kier molecular flexibility index (Phi) is 6.87. The number of methoxy groups -OCH3 is 1. The van der Waals surface area contributed by atoms with Crippen molar-refractivity contribution >= 4 is 5.84 Å². The first-order valence-electron chi connectivity index (χ1n) is 6.90. The average Bonchev–Trinajstić information content (AvgIpc) is 2.46. The normalized spacial score (nSPS) is 12.2. The highest BCUT2D eigenvalue weighted by Crippen LogP contribution is 2.25. The van der Waals surface area contributed by atoms with Gasteiger partial charge in [-0.05, 0) is 18.7 Å². The first kappa shape index (κ1) is 16.3. The van der Waals surface area contributed by atoms with Crippen LogP contribution in [-0.4, -0.2) is 44.1 Å². The summed E-state index contributed by atoms with van der Waals surface area (Å²) in [5.74, 6) is 1.80. The summed E-state index contributed by atoms with van der Waals surface area (Å²) >= 11 is 0. The summed E-state index contributed by atoms with van der Waals surface area (Å²) in [4.78, 5) is 2.22. The highest BCUT2D eigenvalue weighted by molar-refractivity contribution is 5.79. The number of ether oxygens (including phenoxy) is 2. The quantitative estimate of drug-likeness (QED) is 0.535. The smallest absolute Gasteiger partial charge is 0.161 e. The molecule has 0 spiro atoms. The molecule has 0 fully saturated rings. The monoisotopic (exact) mass is 279 g/mol. The summed E-state index contributed by atoms with van der Waals surface area (Å²) < 4.78 is 11.0. The lowest BCUT2D eigenvalue weighted by Crippen LogP contribution is -2.36. The number of hydrogen-bond donors (Lipinski definition) is 2. The molecule has 1 rings (SSSR count). The molecule has 5 heteroatoms. The number of benzene rings is 1. The number of nitrogens with two attached hydrogens (primary N) is 1. The molecule has 0 amide bonds. The van der Waals surface area contributed by atoms with Crippen LogP contribution in [0.2, 0.25) is 0 Å². The fraction of sp³-hybridized carbons (Fsp3) is 0.533. The first-order valence-corrected chi connectivity index (χ1v) is 6.90. The molecule has 0 saturated carbocycles. The Morgan fingerprint density at radius 2 is 2.00 bits per heavy atom. The molecule has 5 nitrogen and oxygen atoms in total. The molecule has 1 unspecified atom stereocenters. The maximum Gasteiger partial charge on any atom is 0.161 e. The van der Waals surface area contributed by atoms with E-state index in [2.05, 4.69) is 11.8 Å². The van der Waals surface area contributed by atoms with Gasteiger partial charge in [-0.1, -0.05) is 26.0 Å². The Morgan fingerprint density at radius 1 is 1.35 bits per heavy atom. The van der Waals surface area contributed by atoms with Gasteiger partial charge in [0.25, 0.3) is 0 Å². The van der Waals surface area contributed by atoms with Crippen molar-refractivity contribution in [2.75, 3.05) is 33.4 Å². The van der Waals surface area contributed by atoms with Crippen molar-refractivity contribution in [3.05, 3.63) is 24.3 Å². The van der Waals surface area contributed by atoms with Gasteiger partial charge in [0.1, 0.15) is 6.61 Å². The minimum Gasteiger partial charge on any atom is -0.493 e. The molecule has 0 saturated heterocycles. The summed E-state index contributed by atoms with van der Waals surface area (Å²) in [6.07, 6.45) is 0. The van der Waals surface area contributed by atoms with E-state index in [9.17, 15) is 0 Å². The van der Waals surface area contributed by atoms with Crippen molar-refractivity contribution in [3.63, 3.8) is 0 Å². The van der Waals surface area contributed by atoms with Crippen LogP contribution < -0.4 is 15.2 Å². The van der Waals surface area contributed by atoms with Crippen LogP contribution in [0.25, 0.3) is 0 Å². The van der Waals surface area contributed by atoms with Gasteiger partial charge in [-0.3, -0.25) is 10.3 Å². The third kappa shape index (κ3) is 5.09. The largest absolute Gasteiger partial charge is 0.493 e. The van der Waals surface area contributed by atoms with Gasteiger partial charge in [0.2, 0.25) is 0 Å². The van der Waals surface area contributed by atoms with Crippen molar-refractivity contribution in [1.82, 2.24) is 4.90 Å². The number of amidine groups is 1. The molecule has 0 aliphatic rings. The summed E-state index contributed by atoms with van der Waals surface area (Å²) in [6.45, 7) is 7.13. The summed E-state index contributed by atoms with van der Waals surface area (Å²) in [6, 6.07) is 7.61. The van der Waals surface area contributed by atoms with Crippen LogP contribution in [0.1, 0.15) is 13.8 Å². The second-order valence-corrected chi connectivity index (χ2v) is 4.75. The Morgan fingerprint density at radius 3 is 2.55 bits per heavy atom. The van der Waals surface area contributed by atoms with Crippen LogP contribution in [-0.2, 0) is 0 Å². The van der Waals surface area contributed by atoms with E-state index in [-0.39, 0.29) is 11.8 Å². The maximum atomic E-state index is 7.44. The third-order valence-electron chi connectivity index (χ3n) is 3.24. The second-order valence-electron chi connectivity index (χ2n) is 4.75. The summed E-state index contributed by atoms with van der Waals surface area (Å²) in [5, 5.41) is 7.44. The lowest BCUT2D eigenvalue weighted by Gasteiger charge is -2.23. The van der Waals surface area contributed by atoms with E-state index < -0.39 is 0 Å². The molecule has 112 valence electrons. The van der Waals surface area contributed by atoms with E-state index in [1.807, 2.05) is 31.2 Å². The fourth-order valence-electron chi connectivity index (χ4n) is 1.89. The SMILES string of the molecule is CCN(CCOc1ccccc1OC)CC(C)C(=N)N. The number of para-hydroxylation sites is 2. The van der Waals surface area contributed by atoms with Gasteiger partial charge in [-0.15, -0.1) is 0 Å². The van der Waals surface area contributed by atoms with Crippen LogP contribution in [0.15, 0.2) is 24.3 Å². The minimum absolute atomic E-state index is 0.0706. The number of likely N-dealkylation sites (N-methyl/N-ethyl adjacent to an activating group) is 1. The van der Waals surface area contributed by atoms with Crippen LogP contribution in [0.3, 0.4) is 0 Å². The van der Waals surface area contributed by atoms with E-state index >= 15 is 0 Å². The van der Waals surface area contributed by atoms with Crippen molar-refractivity contribution in [2.45, 2.75) is 13.8 Å². The molecule has 3 N–H and O–H groups in total. The Balaban J connectivity index is 2.43. The van der Waals surface area contributed by atoms with Crippen molar-refractivity contribution < 1.29 is 9.47 Å². The van der Waals surface area contributed by atoms with E-state index in [4.69, 9.17) is 20.6 Å². The van der Waals surface area contributed by atoms with Crippen molar-refractivity contribution in [2.24, 2.45) is 11.7 Å². The van der Waals surface area contributed by atoms with Crippen LogP contribution >= 0.6 is 0 Å². The van der Waals surface area contributed by atoms with Gasteiger partial charge < -0.3 is 15.2 Å². The standard InChI is InChI=1S/C15H25N3O2/c1-4-18(11-12(2)15(16)17)9-10-20-14-8-6-5-7-13(14)19-3/h5-8,12H,4,9-11H2,1-3H3,(H3,16,17). The fourth-order valence-corrected chi connectivity index (χ4v) is 1.89. The van der Waals surface area contributed by atoms with Crippen LogP contribution in [0.4, 0.5) is 0 Å². The maximum absolute atomic E-state index is 7.44. The second kappa shape index (κ2) is 8.43. The molecule has 1 aromatic carbocycles. The van der Waals surface area contributed by atoms with Gasteiger partial charge in [0, 0.05) is 19.0 Å². The van der Waals surface area contributed by atoms with Crippen LogP contribution in [0.5, 0.6) is 11.5 Å². The highest BCUT2D eigenvalue weighted by atomic mass is 16.5. The zero-order valence-corrected chi connectivity index (χ0v) is 12.6. The Hall–Kier alpha value is -1.75. The topological polar surface area (TPSA) is 71.6 Å². The average molecular weight is 279 g/mol. The van der Waals surface area contributed by atoms with E-state index in [0.29, 0.717) is 6.61 Å². The number of nitrogens with one attached hydrogen (secondary N) is 1. The van der Waals surface area contributed by atoms with E-state index in [1.165, 1.54) is 0 Å². The number of rotatable bonds is 9. The predicted octanol–water partition coefficient (Wildman–Crippen LogP) is 1.97. The van der Waals surface area contributed by atoms with Gasteiger partial charge in [0.15, 0.2) is 11.5 Å². The molecule has 0 heterocycles. The molecular formula is C15H25N3O2. The molecular weight excluding hydrogens is 254 g/mol. The van der Waals surface area contributed by atoms with Crippen molar-refractivity contribution in [3.8, 4) is 11.5 Å². The molecule has 0 aromatic heterocycles. The molecule has 0 bridgehead atoms. The molecule has 1 aromatic rings. The summed E-state index contributed by atoms with van der Waals surface area (Å²) in [7, 11) is 1.63. The highest BCUT2D eigenvalue weighted by Gasteiger charge is 2.11. The molecule has 0 aliphatic carbocycles. The van der Waals surface area contributed by atoms with E-state index in [0.717, 1.165) is 31.1 Å². The number of hydrogen-bond acceptors (Lipinski definition) is 4. The zero-order chi connectivity index (χ0) is 15.0. The first-order chi connectivity index (χ1) is 9.58. The van der Waals surface area contributed by atoms with Crippen molar-refractivity contribution in [1.29, 1.82) is 5.41 Å². The van der Waals surface area contributed by atoms with Gasteiger partial charge in [-0.2, -0.15) is 0 Å². The Bertz CT molecular complexity index is 423. The molecule has 0 radical (unpaired) electrons. The van der Waals surface area contributed by atoms with Gasteiger partial charge >= 0.3 is 0 Å². The molecule has 1 atom stereocenters. The lowest BCUT2D eigenvalue weighted by molar-refractivity contribution is 0.203. The van der Waals surface area contributed by atoms with Crippen LogP contribution in [0, 0.1) is 11.3 Å². The Labute approximate surface area is 121 Å². The molecule has 20 heavy (non-hydrogen) atoms. The third-order valence-corrected chi connectivity index (χ3v) is 3.24. The van der Waals surface area contributed by atoms with E-state index in [1.54, 1.807) is 7.11 Å². The predicted molar refractivity (Wildman–Crippen MR) is 81.7 cm³/mol. The molecule has 0 aliphatic heterocycles. The van der Waals surface area contributed by atoms with Gasteiger partial charge in [-0.25, -0.2) is 0 Å². The minimum atomic E-state index is 0.0706. The summed E-state index contributed by atoms with van der Waals surface area (Å²) in [5.41, 5.74) is 5.51. The zero-order valence-electron chi connectivity index (χ0n) is 12.6. The lowest BCUT2D eigenvalue weighted by atomic mass is 10.1. The van der Waals surface area contributed by atoms with Gasteiger partial charge in [0.05, 0.1) is 12.9 Å². The number of nitrogens with zero attached hydrogens (tertiary/aromatic N) is 1.